The molecule has 0 aromatic rings. The Kier molecular flexibility index (Phi) is 3.24. The second kappa shape index (κ2) is 4.83. The van der Waals surface area contributed by atoms with Crippen LogP contribution < -0.4 is 0 Å². The summed E-state index contributed by atoms with van der Waals surface area (Å²) in [6, 6.07) is 0. The monoisotopic (exact) mass is 304 g/mol. The molecule has 0 aromatic heterocycles. The molecule has 1 saturated heterocycles. The molecule has 0 aromatic carbocycles. The molecule has 0 bridgehead atoms. The van der Waals surface area contributed by atoms with Gasteiger partial charge in [0, 0.05) is 12.3 Å². The molecule has 0 unspecified atom stereocenters. The van der Waals surface area contributed by atoms with Crippen molar-refractivity contribution in [3.63, 3.8) is 0 Å². The number of ether oxygens (including phenoxy) is 1. The largest absolute Gasteiger partial charge is 0.459 e. The second-order valence-corrected chi connectivity index (χ2v) is 8.49. The first-order valence-electron chi connectivity index (χ1n) is 9.03. The fraction of sp³-hybridized carbons (Fsp3) is 0.842. The molecule has 3 nitrogen and oxygen atoms in total. The van der Waals surface area contributed by atoms with Gasteiger partial charge in [-0.1, -0.05) is 18.6 Å². The maximum Gasteiger partial charge on any atom is 0.306 e. The van der Waals surface area contributed by atoms with E-state index in [0.29, 0.717) is 24.2 Å². The Morgan fingerprint density at radius 1 is 1.09 bits per heavy atom. The van der Waals surface area contributed by atoms with Crippen LogP contribution in [-0.4, -0.2) is 22.8 Å². The Labute approximate surface area is 133 Å². The molecule has 3 aliphatic carbocycles. The van der Waals surface area contributed by atoms with Gasteiger partial charge in [-0.3, -0.25) is 4.79 Å². The summed E-state index contributed by atoms with van der Waals surface area (Å²) in [6.07, 6.45) is 10.0. The van der Waals surface area contributed by atoms with Crippen molar-refractivity contribution in [2.75, 3.05) is 0 Å². The van der Waals surface area contributed by atoms with Gasteiger partial charge in [0.25, 0.3) is 0 Å². The quantitative estimate of drug-likeness (QED) is 0.549. The molecular weight excluding hydrogens is 276 g/mol. The van der Waals surface area contributed by atoms with Crippen LogP contribution in [0.3, 0.4) is 0 Å². The number of aliphatic hydroxyl groups excluding tert-OH is 1. The molecule has 6 atom stereocenters. The van der Waals surface area contributed by atoms with Gasteiger partial charge in [0.1, 0.15) is 5.60 Å². The summed E-state index contributed by atoms with van der Waals surface area (Å²) < 4.78 is 5.82. The van der Waals surface area contributed by atoms with Crippen LogP contribution in [0.15, 0.2) is 11.6 Å². The van der Waals surface area contributed by atoms with Gasteiger partial charge in [0.2, 0.25) is 0 Å². The van der Waals surface area contributed by atoms with Gasteiger partial charge in [-0.25, -0.2) is 0 Å². The van der Waals surface area contributed by atoms with E-state index in [1.165, 1.54) is 12.0 Å². The Bertz CT molecular complexity index is 525. The SMILES string of the molecule is C[C@]12CC[C@H](O)C=C1CC[C@@H]1[C@@H]2CC[C@]2(C)OC(=O)CC[C@@H]12. The van der Waals surface area contributed by atoms with Gasteiger partial charge in [0.05, 0.1) is 6.10 Å². The average Bonchev–Trinajstić information content (AvgIpc) is 2.46. The molecule has 0 amide bonds. The summed E-state index contributed by atoms with van der Waals surface area (Å²) in [5.74, 6) is 1.92. The molecule has 2 saturated carbocycles. The van der Waals surface area contributed by atoms with E-state index in [9.17, 15) is 9.90 Å². The minimum absolute atomic E-state index is 0.000551. The molecule has 4 aliphatic rings. The molecule has 0 spiro atoms. The zero-order valence-electron chi connectivity index (χ0n) is 13.8. The number of hydrogen-bond donors (Lipinski definition) is 1. The zero-order chi connectivity index (χ0) is 15.5. The molecule has 1 heterocycles. The third-order valence-corrected chi connectivity index (χ3v) is 7.43. The number of esters is 1. The van der Waals surface area contributed by atoms with Crippen molar-refractivity contribution in [1.82, 2.24) is 0 Å². The first-order valence-corrected chi connectivity index (χ1v) is 9.03. The lowest BCUT2D eigenvalue weighted by Crippen LogP contribution is -2.56. The van der Waals surface area contributed by atoms with Crippen LogP contribution in [0.1, 0.15) is 65.2 Å². The van der Waals surface area contributed by atoms with Crippen LogP contribution in [0, 0.1) is 23.2 Å². The molecule has 1 N–H and O–H groups in total. The van der Waals surface area contributed by atoms with Gasteiger partial charge in [0.15, 0.2) is 0 Å². The van der Waals surface area contributed by atoms with Gasteiger partial charge in [-0.2, -0.15) is 0 Å². The second-order valence-electron chi connectivity index (χ2n) is 8.49. The maximum absolute atomic E-state index is 11.8. The smallest absolute Gasteiger partial charge is 0.306 e. The highest BCUT2D eigenvalue weighted by Gasteiger charge is 2.57. The van der Waals surface area contributed by atoms with Crippen LogP contribution in [0.25, 0.3) is 0 Å². The van der Waals surface area contributed by atoms with Crippen molar-refractivity contribution in [2.45, 2.75) is 76.9 Å². The number of aliphatic hydroxyl groups is 1. The van der Waals surface area contributed by atoms with E-state index in [1.54, 1.807) is 0 Å². The van der Waals surface area contributed by atoms with Gasteiger partial charge >= 0.3 is 5.97 Å². The standard InChI is InChI=1S/C19H28O3/c1-18-9-7-13(20)11-12(18)3-4-14-15(18)8-10-19(2)16(14)5-6-17(21)22-19/h11,13-16,20H,3-10H2,1-2H3/t13-,14+,15-,16-,18-,19-/m0/s1. The summed E-state index contributed by atoms with van der Waals surface area (Å²) in [5.41, 5.74) is 1.55. The molecule has 4 rings (SSSR count). The summed E-state index contributed by atoms with van der Waals surface area (Å²) in [6.45, 7) is 4.60. The van der Waals surface area contributed by atoms with E-state index in [0.717, 1.165) is 38.5 Å². The van der Waals surface area contributed by atoms with Crippen LogP contribution in [0.4, 0.5) is 0 Å². The van der Waals surface area contributed by atoms with Crippen LogP contribution in [-0.2, 0) is 9.53 Å². The van der Waals surface area contributed by atoms with Crippen molar-refractivity contribution >= 4 is 5.97 Å². The average molecular weight is 304 g/mol. The highest BCUT2D eigenvalue weighted by Crippen LogP contribution is 2.61. The third-order valence-electron chi connectivity index (χ3n) is 7.43. The van der Waals surface area contributed by atoms with E-state index >= 15 is 0 Å². The maximum atomic E-state index is 11.8. The Morgan fingerprint density at radius 3 is 2.73 bits per heavy atom. The van der Waals surface area contributed by atoms with Crippen LogP contribution in [0.2, 0.25) is 0 Å². The summed E-state index contributed by atoms with van der Waals surface area (Å²) >= 11 is 0. The normalized spacial score (nSPS) is 51.0. The number of hydrogen-bond acceptors (Lipinski definition) is 3. The Balaban J connectivity index is 1.66. The summed E-state index contributed by atoms with van der Waals surface area (Å²) in [5, 5.41) is 9.98. The van der Waals surface area contributed by atoms with E-state index in [4.69, 9.17) is 4.74 Å². The number of fused-ring (bicyclic) bond motifs is 5. The van der Waals surface area contributed by atoms with E-state index in [2.05, 4.69) is 19.9 Å². The summed E-state index contributed by atoms with van der Waals surface area (Å²) in [7, 11) is 0. The zero-order valence-corrected chi connectivity index (χ0v) is 13.8. The Morgan fingerprint density at radius 2 is 1.91 bits per heavy atom. The third kappa shape index (κ3) is 2.01. The lowest BCUT2D eigenvalue weighted by molar-refractivity contribution is -0.194. The minimum Gasteiger partial charge on any atom is -0.459 e. The first-order chi connectivity index (χ1) is 10.4. The van der Waals surface area contributed by atoms with E-state index in [1.807, 2.05) is 0 Å². The van der Waals surface area contributed by atoms with Crippen molar-refractivity contribution in [3.05, 3.63) is 11.6 Å². The minimum atomic E-state index is -0.232. The fourth-order valence-corrected chi connectivity index (χ4v) is 6.23. The lowest BCUT2D eigenvalue weighted by Gasteiger charge is -2.59. The van der Waals surface area contributed by atoms with E-state index < -0.39 is 0 Å². The van der Waals surface area contributed by atoms with E-state index in [-0.39, 0.29) is 23.1 Å². The van der Waals surface area contributed by atoms with Crippen molar-refractivity contribution in [2.24, 2.45) is 23.2 Å². The molecule has 3 fully saturated rings. The highest BCUT2D eigenvalue weighted by atomic mass is 16.6. The first kappa shape index (κ1) is 14.7. The molecule has 3 heteroatoms. The molecule has 122 valence electrons. The molecule has 1 aliphatic heterocycles. The van der Waals surface area contributed by atoms with Crippen LogP contribution in [0.5, 0.6) is 0 Å². The van der Waals surface area contributed by atoms with Gasteiger partial charge in [-0.05, 0) is 69.1 Å². The van der Waals surface area contributed by atoms with Crippen molar-refractivity contribution < 1.29 is 14.6 Å². The Hall–Kier alpha value is -0.830. The topological polar surface area (TPSA) is 46.5 Å². The lowest BCUT2D eigenvalue weighted by atomic mass is 9.48. The predicted molar refractivity (Wildman–Crippen MR) is 84.1 cm³/mol. The predicted octanol–water partition coefficient (Wildman–Crippen LogP) is 3.61. The van der Waals surface area contributed by atoms with Crippen LogP contribution >= 0.6 is 0 Å². The summed E-state index contributed by atoms with van der Waals surface area (Å²) in [4.78, 5) is 11.8. The molecule has 22 heavy (non-hydrogen) atoms. The number of carbonyl (C=O) groups is 1. The van der Waals surface area contributed by atoms with Crippen molar-refractivity contribution in [3.8, 4) is 0 Å². The number of allylic oxidation sites excluding steroid dienone is 1. The number of rotatable bonds is 0. The number of carbonyl (C=O) groups excluding carboxylic acids is 1. The molecular formula is C19H28O3. The van der Waals surface area contributed by atoms with Gasteiger partial charge < -0.3 is 9.84 Å². The van der Waals surface area contributed by atoms with Crippen molar-refractivity contribution in [1.29, 1.82) is 0 Å². The molecule has 0 radical (unpaired) electrons. The highest BCUT2D eigenvalue weighted by molar-refractivity contribution is 5.70. The fourth-order valence-electron chi connectivity index (χ4n) is 6.23. The van der Waals surface area contributed by atoms with Gasteiger partial charge in [-0.15, -0.1) is 0 Å².